The lowest BCUT2D eigenvalue weighted by molar-refractivity contribution is 0.299. The highest BCUT2D eigenvalue weighted by molar-refractivity contribution is 7.09. The van der Waals surface area contributed by atoms with E-state index in [0.717, 1.165) is 27.8 Å². The number of aryl methyl sites for hydroxylation is 1. The van der Waals surface area contributed by atoms with Crippen molar-refractivity contribution in [3.05, 3.63) is 39.8 Å². The van der Waals surface area contributed by atoms with E-state index in [0.29, 0.717) is 12.5 Å². The Labute approximate surface area is 115 Å². The first-order valence-corrected chi connectivity index (χ1v) is 6.91. The molecule has 0 radical (unpaired) electrons. The van der Waals surface area contributed by atoms with Crippen molar-refractivity contribution in [1.82, 2.24) is 4.98 Å². The minimum absolute atomic E-state index is 0.391. The fraction of sp³-hybridized carbons (Fsp3) is 0.308. The molecule has 0 saturated carbocycles. The van der Waals surface area contributed by atoms with E-state index in [1.807, 2.05) is 30.5 Å². The van der Waals surface area contributed by atoms with Gasteiger partial charge in [-0.25, -0.2) is 4.98 Å². The SMILES string of the molecule is COc1ccc(OCc2csc(C)n2)c(CCl)c1. The predicted molar refractivity (Wildman–Crippen MR) is 73.7 cm³/mol. The summed E-state index contributed by atoms with van der Waals surface area (Å²) in [6, 6.07) is 5.61. The molecule has 2 aromatic rings. The standard InChI is InChI=1S/C13H14ClNO2S/c1-9-15-11(8-18-9)7-17-13-4-3-12(16-2)5-10(13)6-14/h3-5,8H,6-7H2,1-2H3. The van der Waals surface area contributed by atoms with Gasteiger partial charge in [0.2, 0.25) is 0 Å². The molecule has 3 nitrogen and oxygen atoms in total. The summed E-state index contributed by atoms with van der Waals surface area (Å²) >= 11 is 7.52. The maximum absolute atomic E-state index is 5.90. The van der Waals surface area contributed by atoms with Crippen LogP contribution < -0.4 is 9.47 Å². The van der Waals surface area contributed by atoms with Gasteiger partial charge in [0.1, 0.15) is 18.1 Å². The van der Waals surface area contributed by atoms with Crippen molar-refractivity contribution in [3.63, 3.8) is 0 Å². The summed E-state index contributed by atoms with van der Waals surface area (Å²) in [7, 11) is 1.63. The molecular formula is C13H14ClNO2S. The van der Waals surface area contributed by atoms with Crippen molar-refractivity contribution in [3.8, 4) is 11.5 Å². The molecular weight excluding hydrogens is 270 g/mol. The summed E-state index contributed by atoms with van der Waals surface area (Å²) in [5, 5.41) is 3.04. The molecule has 1 aromatic carbocycles. The Balaban J connectivity index is 2.08. The number of hydrogen-bond donors (Lipinski definition) is 0. The predicted octanol–water partition coefficient (Wildman–Crippen LogP) is 3.78. The van der Waals surface area contributed by atoms with Crippen molar-refractivity contribution >= 4 is 22.9 Å². The summed E-state index contributed by atoms with van der Waals surface area (Å²) in [5.74, 6) is 1.95. The second-order valence-corrected chi connectivity index (χ2v) is 5.08. The zero-order valence-corrected chi connectivity index (χ0v) is 11.8. The van der Waals surface area contributed by atoms with Crippen molar-refractivity contribution in [1.29, 1.82) is 0 Å². The highest BCUT2D eigenvalue weighted by Gasteiger charge is 2.06. The van der Waals surface area contributed by atoms with Crippen LogP contribution in [0.3, 0.4) is 0 Å². The van der Waals surface area contributed by atoms with Crippen LogP contribution in [0, 0.1) is 6.92 Å². The second kappa shape index (κ2) is 6.07. The summed E-state index contributed by atoms with van der Waals surface area (Å²) in [5.41, 5.74) is 1.86. The van der Waals surface area contributed by atoms with Crippen molar-refractivity contribution in [2.45, 2.75) is 19.4 Å². The van der Waals surface area contributed by atoms with Crippen molar-refractivity contribution < 1.29 is 9.47 Å². The molecule has 18 heavy (non-hydrogen) atoms. The average molecular weight is 284 g/mol. The largest absolute Gasteiger partial charge is 0.497 e. The van der Waals surface area contributed by atoms with Crippen LogP contribution in [0.25, 0.3) is 0 Å². The maximum Gasteiger partial charge on any atom is 0.131 e. The zero-order valence-electron chi connectivity index (χ0n) is 10.3. The monoisotopic (exact) mass is 283 g/mol. The van der Waals surface area contributed by atoms with Crippen LogP contribution in [0.4, 0.5) is 0 Å². The van der Waals surface area contributed by atoms with Crippen LogP contribution in [0.5, 0.6) is 11.5 Å². The molecule has 1 heterocycles. The van der Waals surface area contributed by atoms with Crippen LogP contribution in [0.15, 0.2) is 23.6 Å². The first-order chi connectivity index (χ1) is 8.72. The maximum atomic E-state index is 5.90. The first-order valence-electron chi connectivity index (χ1n) is 5.49. The lowest BCUT2D eigenvalue weighted by Crippen LogP contribution is -1.98. The number of benzene rings is 1. The molecule has 0 atom stereocenters. The smallest absolute Gasteiger partial charge is 0.131 e. The average Bonchev–Trinajstić information content (AvgIpc) is 2.82. The molecule has 0 spiro atoms. The molecule has 0 N–H and O–H groups in total. The molecule has 0 saturated heterocycles. The minimum atomic E-state index is 0.391. The lowest BCUT2D eigenvalue weighted by atomic mass is 10.2. The van der Waals surface area contributed by atoms with Gasteiger partial charge in [0.25, 0.3) is 0 Å². The van der Waals surface area contributed by atoms with Gasteiger partial charge in [-0.1, -0.05) is 0 Å². The Morgan fingerprint density at radius 3 is 2.83 bits per heavy atom. The summed E-state index contributed by atoms with van der Waals surface area (Å²) < 4.78 is 10.9. The summed E-state index contributed by atoms with van der Waals surface area (Å²) in [4.78, 5) is 4.35. The van der Waals surface area contributed by atoms with Crippen LogP contribution in [0.1, 0.15) is 16.3 Å². The van der Waals surface area contributed by atoms with Gasteiger partial charge in [-0.3, -0.25) is 0 Å². The third kappa shape index (κ3) is 3.15. The number of alkyl halides is 1. The van der Waals surface area contributed by atoms with E-state index in [1.165, 1.54) is 0 Å². The second-order valence-electron chi connectivity index (χ2n) is 3.75. The molecule has 96 valence electrons. The number of nitrogens with zero attached hydrogens (tertiary/aromatic N) is 1. The highest BCUT2D eigenvalue weighted by Crippen LogP contribution is 2.26. The van der Waals surface area contributed by atoms with Gasteiger partial charge in [-0.05, 0) is 25.1 Å². The highest BCUT2D eigenvalue weighted by atomic mass is 35.5. The molecule has 0 bridgehead atoms. The molecule has 0 unspecified atom stereocenters. The summed E-state index contributed by atoms with van der Waals surface area (Å²) in [6.07, 6.45) is 0. The van der Waals surface area contributed by atoms with E-state index in [4.69, 9.17) is 21.1 Å². The van der Waals surface area contributed by atoms with Crippen LogP contribution in [-0.2, 0) is 12.5 Å². The Morgan fingerprint density at radius 1 is 1.39 bits per heavy atom. The Hall–Kier alpha value is -1.26. The molecule has 0 fully saturated rings. The number of hydrogen-bond acceptors (Lipinski definition) is 4. The fourth-order valence-corrected chi connectivity index (χ4v) is 2.36. The molecule has 5 heteroatoms. The molecule has 0 amide bonds. The molecule has 1 aromatic heterocycles. The quantitative estimate of drug-likeness (QED) is 0.783. The van der Waals surface area contributed by atoms with Gasteiger partial charge in [0, 0.05) is 10.9 Å². The van der Waals surface area contributed by atoms with E-state index in [1.54, 1.807) is 18.4 Å². The van der Waals surface area contributed by atoms with Crippen LogP contribution in [-0.4, -0.2) is 12.1 Å². The Morgan fingerprint density at radius 2 is 2.22 bits per heavy atom. The number of thiazole rings is 1. The third-order valence-corrected chi connectivity index (χ3v) is 3.56. The minimum Gasteiger partial charge on any atom is -0.497 e. The van der Waals surface area contributed by atoms with E-state index in [9.17, 15) is 0 Å². The molecule has 0 aliphatic rings. The molecule has 0 aliphatic heterocycles. The molecule has 2 rings (SSSR count). The molecule has 0 aliphatic carbocycles. The van der Waals surface area contributed by atoms with E-state index >= 15 is 0 Å². The lowest BCUT2D eigenvalue weighted by Gasteiger charge is -2.10. The number of aromatic nitrogens is 1. The van der Waals surface area contributed by atoms with Gasteiger partial charge in [-0.15, -0.1) is 22.9 Å². The number of ether oxygens (including phenoxy) is 2. The topological polar surface area (TPSA) is 31.4 Å². The normalized spacial score (nSPS) is 10.4. The van der Waals surface area contributed by atoms with Gasteiger partial charge in [0.05, 0.1) is 23.7 Å². The van der Waals surface area contributed by atoms with Crippen molar-refractivity contribution in [2.75, 3.05) is 7.11 Å². The first kappa shape index (κ1) is 13.2. The van der Waals surface area contributed by atoms with E-state index < -0.39 is 0 Å². The van der Waals surface area contributed by atoms with Gasteiger partial charge in [-0.2, -0.15) is 0 Å². The van der Waals surface area contributed by atoms with Gasteiger partial charge in [0.15, 0.2) is 0 Å². The summed E-state index contributed by atoms with van der Waals surface area (Å²) in [6.45, 7) is 2.44. The number of halogens is 1. The van der Waals surface area contributed by atoms with Crippen molar-refractivity contribution in [2.24, 2.45) is 0 Å². The fourth-order valence-electron chi connectivity index (χ4n) is 1.55. The Bertz CT molecular complexity index is 527. The van der Waals surface area contributed by atoms with E-state index in [-0.39, 0.29) is 0 Å². The van der Waals surface area contributed by atoms with Crippen LogP contribution >= 0.6 is 22.9 Å². The number of rotatable bonds is 5. The van der Waals surface area contributed by atoms with Gasteiger partial charge < -0.3 is 9.47 Å². The third-order valence-electron chi connectivity index (χ3n) is 2.45. The van der Waals surface area contributed by atoms with Gasteiger partial charge >= 0.3 is 0 Å². The van der Waals surface area contributed by atoms with E-state index in [2.05, 4.69) is 4.98 Å². The Kier molecular flexibility index (Phi) is 4.44. The zero-order chi connectivity index (χ0) is 13.0. The number of methoxy groups -OCH3 is 1. The van der Waals surface area contributed by atoms with Crippen LogP contribution in [0.2, 0.25) is 0 Å².